The molecule has 7 nitrogen and oxygen atoms in total. The summed E-state index contributed by atoms with van der Waals surface area (Å²) in [6.45, 7) is 4.08. The molecule has 3 aromatic rings. The highest BCUT2D eigenvalue weighted by Crippen LogP contribution is 2.18. The van der Waals surface area contributed by atoms with E-state index in [-0.39, 0.29) is 42.6 Å². The second kappa shape index (κ2) is 11.1. The van der Waals surface area contributed by atoms with Crippen LogP contribution in [0.1, 0.15) is 20.8 Å². The van der Waals surface area contributed by atoms with E-state index in [0.717, 1.165) is 10.4 Å². The summed E-state index contributed by atoms with van der Waals surface area (Å²) in [6, 6.07) is 15.1. The van der Waals surface area contributed by atoms with Crippen LogP contribution in [0.4, 0.5) is 10.1 Å². The minimum Gasteiger partial charge on any atom is -0.332 e. The van der Waals surface area contributed by atoms with Gasteiger partial charge in [0.1, 0.15) is 12.4 Å². The molecule has 170 valence electrons. The summed E-state index contributed by atoms with van der Waals surface area (Å²) in [6.07, 6.45) is 1.49. The largest absolute Gasteiger partial charge is 0.332 e. The molecular formula is C24H22FN3O4S. The smallest absolute Gasteiger partial charge is 0.270 e. The van der Waals surface area contributed by atoms with Gasteiger partial charge in [-0.15, -0.1) is 17.9 Å². The van der Waals surface area contributed by atoms with E-state index in [9.17, 15) is 24.1 Å². The average Bonchev–Trinajstić information content (AvgIpc) is 3.32. The third kappa shape index (κ3) is 6.56. The summed E-state index contributed by atoms with van der Waals surface area (Å²) in [5.41, 5.74) is 0.658. The van der Waals surface area contributed by atoms with Crippen molar-refractivity contribution in [3.8, 4) is 0 Å². The number of hydrogen-bond acceptors (Lipinski definition) is 5. The maximum absolute atomic E-state index is 13.3. The number of hydrogen-bond donors (Lipinski definition) is 0. The molecule has 0 radical (unpaired) electrons. The van der Waals surface area contributed by atoms with Crippen LogP contribution in [0.15, 0.2) is 78.7 Å². The van der Waals surface area contributed by atoms with Crippen LogP contribution in [0.2, 0.25) is 0 Å². The van der Waals surface area contributed by atoms with Gasteiger partial charge < -0.3 is 9.80 Å². The number of carbonyl (C=O) groups is 2. The van der Waals surface area contributed by atoms with E-state index >= 15 is 0 Å². The van der Waals surface area contributed by atoms with Gasteiger partial charge in [-0.05, 0) is 35.2 Å². The third-order valence-electron chi connectivity index (χ3n) is 4.83. The molecule has 0 aliphatic heterocycles. The van der Waals surface area contributed by atoms with E-state index in [1.807, 2.05) is 17.5 Å². The SMILES string of the molecule is C=CCN(CC(=O)N(Cc1ccc(F)cc1)Cc1cccs1)C(=O)c1cccc([N+](=O)[O-])c1. The average molecular weight is 468 g/mol. The maximum Gasteiger partial charge on any atom is 0.270 e. The lowest BCUT2D eigenvalue weighted by molar-refractivity contribution is -0.384. The van der Waals surface area contributed by atoms with Crippen LogP contribution in [-0.4, -0.2) is 39.6 Å². The van der Waals surface area contributed by atoms with Crippen molar-refractivity contribution in [3.05, 3.63) is 111 Å². The van der Waals surface area contributed by atoms with Gasteiger partial charge >= 0.3 is 0 Å². The Morgan fingerprint density at radius 1 is 1.06 bits per heavy atom. The predicted molar refractivity (Wildman–Crippen MR) is 124 cm³/mol. The Balaban J connectivity index is 1.81. The lowest BCUT2D eigenvalue weighted by Gasteiger charge is -2.27. The van der Waals surface area contributed by atoms with E-state index in [4.69, 9.17) is 0 Å². The summed E-state index contributed by atoms with van der Waals surface area (Å²) in [5, 5.41) is 13.0. The van der Waals surface area contributed by atoms with E-state index < -0.39 is 10.8 Å². The number of rotatable bonds is 10. The van der Waals surface area contributed by atoms with Gasteiger partial charge in [0, 0.05) is 35.7 Å². The molecule has 1 aromatic heterocycles. The summed E-state index contributed by atoms with van der Waals surface area (Å²) in [4.78, 5) is 40.6. The Bertz CT molecular complexity index is 1130. The normalized spacial score (nSPS) is 10.5. The molecule has 0 atom stereocenters. The van der Waals surface area contributed by atoms with Gasteiger partial charge in [-0.1, -0.05) is 30.3 Å². The minimum absolute atomic E-state index is 0.0939. The summed E-state index contributed by atoms with van der Waals surface area (Å²) < 4.78 is 13.3. The molecule has 0 aliphatic carbocycles. The van der Waals surface area contributed by atoms with Crippen molar-refractivity contribution in [1.29, 1.82) is 0 Å². The third-order valence-corrected chi connectivity index (χ3v) is 5.69. The van der Waals surface area contributed by atoms with Crippen molar-refractivity contribution >= 4 is 28.8 Å². The number of nitro groups is 1. The molecule has 0 aliphatic rings. The van der Waals surface area contributed by atoms with Crippen LogP contribution in [0, 0.1) is 15.9 Å². The first kappa shape index (κ1) is 23.8. The van der Waals surface area contributed by atoms with Gasteiger partial charge in [-0.3, -0.25) is 19.7 Å². The lowest BCUT2D eigenvalue weighted by Crippen LogP contribution is -2.42. The molecule has 0 spiro atoms. The van der Waals surface area contributed by atoms with Crippen molar-refractivity contribution < 1.29 is 18.9 Å². The fourth-order valence-electron chi connectivity index (χ4n) is 3.21. The second-order valence-electron chi connectivity index (χ2n) is 7.24. The maximum atomic E-state index is 13.3. The molecule has 9 heteroatoms. The highest BCUT2D eigenvalue weighted by molar-refractivity contribution is 7.09. The zero-order chi connectivity index (χ0) is 23.8. The molecule has 0 N–H and O–H groups in total. The standard InChI is InChI=1S/C24H22FN3O4S/c1-2-12-26(24(30)19-5-3-6-21(14-19)28(31)32)17-23(29)27(16-22-7-4-13-33-22)15-18-8-10-20(25)11-9-18/h2-11,13-14H,1,12,15-17H2. The Hall–Kier alpha value is -3.85. The number of halogens is 1. The second-order valence-corrected chi connectivity index (χ2v) is 8.27. The molecule has 0 saturated heterocycles. The Kier molecular flexibility index (Phi) is 8.04. The number of amides is 2. The van der Waals surface area contributed by atoms with Crippen LogP contribution < -0.4 is 0 Å². The Labute approximate surface area is 194 Å². The molecule has 0 bridgehead atoms. The van der Waals surface area contributed by atoms with Gasteiger partial charge in [-0.25, -0.2) is 4.39 Å². The van der Waals surface area contributed by atoms with Crippen molar-refractivity contribution in [2.45, 2.75) is 13.1 Å². The van der Waals surface area contributed by atoms with E-state index in [2.05, 4.69) is 6.58 Å². The first-order chi connectivity index (χ1) is 15.9. The monoisotopic (exact) mass is 467 g/mol. The van der Waals surface area contributed by atoms with E-state index in [0.29, 0.717) is 6.54 Å². The number of non-ortho nitro benzene ring substituents is 1. The van der Waals surface area contributed by atoms with Gasteiger partial charge in [0.2, 0.25) is 5.91 Å². The van der Waals surface area contributed by atoms with Gasteiger partial charge in [0.05, 0.1) is 11.5 Å². The number of nitrogens with zero attached hydrogens (tertiary/aromatic N) is 3. The summed E-state index contributed by atoms with van der Waals surface area (Å²) in [7, 11) is 0. The van der Waals surface area contributed by atoms with Crippen LogP contribution in [0.25, 0.3) is 0 Å². The van der Waals surface area contributed by atoms with Crippen LogP contribution in [0.3, 0.4) is 0 Å². The zero-order valence-corrected chi connectivity index (χ0v) is 18.5. The van der Waals surface area contributed by atoms with Gasteiger partial charge in [0.15, 0.2) is 0 Å². The number of carbonyl (C=O) groups excluding carboxylic acids is 2. The fraction of sp³-hybridized carbons (Fsp3) is 0.167. The summed E-state index contributed by atoms with van der Waals surface area (Å²) in [5.74, 6) is -1.19. The number of nitro benzene ring substituents is 1. The lowest BCUT2D eigenvalue weighted by atomic mass is 10.1. The molecule has 0 unspecified atom stereocenters. The number of thiophene rings is 1. The quantitative estimate of drug-likeness (QED) is 0.247. The zero-order valence-electron chi connectivity index (χ0n) is 17.7. The Morgan fingerprint density at radius 2 is 1.82 bits per heavy atom. The minimum atomic E-state index is -0.578. The number of benzene rings is 2. The molecule has 0 fully saturated rings. The Morgan fingerprint density at radius 3 is 2.45 bits per heavy atom. The fourth-order valence-corrected chi connectivity index (χ4v) is 3.93. The molecule has 2 amide bonds. The first-order valence-electron chi connectivity index (χ1n) is 10.1. The molecule has 0 saturated carbocycles. The highest BCUT2D eigenvalue weighted by atomic mass is 32.1. The van der Waals surface area contributed by atoms with Crippen molar-refractivity contribution in [2.24, 2.45) is 0 Å². The molecule has 33 heavy (non-hydrogen) atoms. The topological polar surface area (TPSA) is 83.8 Å². The summed E-state index contributed by atoms with van der Waals surface area (Å²) >= 11 is 1.50. The van der Waals surface area contributed by atoms with Gasteiger partial charge in [0.25, 0.3) is 11.6 Å². The van der Waals surface area contributed by atoms with Crippen LogP contribution >= 0.6 is 11.3 Å². The molecule has 3 rings (SSSR count). The first-order valence-corrected chi connectivity index (χ1v) is 10.9. The van der Waals surface area contributed by atoms with E-state index in [1.165, 1.54) is 58.7 Å². The van der Waals surface area contributed by atoms with Crippen molar-refractivity contribution in [3.63, 3.8) is 0 Å². The van der Waals surface area contributed by atoms with E-state index in [1.54, 1.807) is 17.0 Å². The highest BCUT2D eigenvalue weighted by Gasteiger charge is 2.23. The van der Waals surface area contributed by atoms with Crippen LogP contribution in [-0.2, 0) is 17.9 Å². The molecular weight excluding hydrogens is 445 g/mol. The van der Waals surface area contributed by atoms with Crippen molar-refractivity contribution in [2.75, 3.05) is 13.1 Å². The molecule has 1 heterocycles. The molecule has 2 aromatic carbocycles. The van der Waals surface area contributed by atoms with Crippen LogP contribution in [0.5, 0.6) is 0 Å². The van der Waals surface area contributed by atoms with Crippen molar-refractivity contribution in [1.82, 2.24) is 9.80 Å². The van der Waals surface area contributed by atoms with Gasteiger partial charge in [-0.2, -0.15) is 0 Å². The predicted octanol–water partition coefficient (Wildman–Crippen LogP) is 4.65.